The largest absolute Gasteiger partial charge is 0.461 e. The summed E-state index contributed by atoms with van der Waals surface area (Å²) in [7, 11) is 1.37. The van der Waals surface area contributed by atoms with Gasteiger partial charge in [-0.1, -0.05) is 0 Å². The molecule has 0 aliphatic carbocycles. The minimum atomic E-state index is -1.80. The van der Waals surface area contributed by atoms with Crippen molar-refractivity contribution in [2.45, 2.75) is 58.5 Å². The lowest BCUT2D eigenvalue weighted by molar-refractivity contribution is -0.137. The number of benzene rings is 1. The number of aliphatic hydroxyl groups excluding tert-OH is 5. The van der Waals surface area contributed by atoms with E-state index < -0.39 is 42.6 Å². The Hall–Kier alpha value is -2.76. The van der Waals surface area contributed by atoms with E-state index in [1.54, 1.807) is 6.92 Å². The molecule has 0 unspecified atom stereocenters. The highest BCUT2D eigenvalue weighted by atomic mass is 16.4. The number of amides is 1. The van der Waals surface area contributed by atoms with Crippen LogP contribution in [0.2, 0.25) is 0 Å². The van der Waals surface area contributed by atoms with Crippen LogP contribution in [-0.2, 0) is 11.2 Å². The van der Waals surface area contributed by atoms with Crippen molar-refractivity contribution in [3.63, 3.8) is 0 Å². The highest BCUT2D eigenvalue weighted by Gasteiger charge is 2.31. The van der Waals surface area contributed by atoms with E-state index in [4.69, 9.17) is 13.9 Å². The Balaban J connectivity index is 1.88. The number of furan rings is 1. The Kier molecular flexibility index (Phi) is 7.49. The lowest BCUT2D eigenvalue weighted by atomic mass is 9.98. The van der Waals surface area contributed by atoms with Crippen molar-refractivity contribution in [3.8, 4) is 0 Å². The average molecular weight is 478 g/mol. The lowest BCUT2D eigenvalue weighted by Crippen LogP contribution is -2.50. The molecule has 5 N–H and O–H groups in total. The van der Waals surface area contributed by atoms with Gasteiger partial charge in [0.25, 0.3) is 0 Å². The van der Waals surface area contributed by atoms with E-state index in [1.165, 1.54) is 7.05 Å². The number of rotatable bonds is 8. The first-order chi connectivity index (χ1) is 15.9. The molecular formula is C24H31NO9. The zero-order valence-electron chi connectivity index (χ0n) is 19.8. The summed E-state index contributed by atoms with van der Waals surface area (Å²) >= 11 is 0. The van der Waals surface area contributed by atoms with Gasteiger partial charge in [0.05, 0.1) is 18.6 Å². The Morgan fingerprint density at radius 3 is 2.09 bits per heavy atom. The molecule has 1 amide bonds. The van der Waals surface area contributed by atoms with Crippen LogP contribution in [0.25, 0.3) is 21.9 Å². The van der Waals surface area contributed by atoms with Crippen LogP contribution in [0, 0.1) is 27.7 Å². The third-order valence-corrected chi connectivity index (χ3v) is 6.48. The van der Waals surface area contributed by atoms with Crippen molar-refractivity contribution >= 4 is 27.8 Å². The normalized spacial score (nSPS) is 15.5. The van der Waals surface area contributed by atoms with Crippen LogP contribution in [0.15, 0.2) is 19.7 Å². The Labute approximate surface area is 195 Å². The smallest absolute Gasteiger partial charge is 0.340 e. The molecule has 0 fully saturated rings. The first-order valence-electron chi connectivity index (χ1n) is 10.9. The Bertz CT molecular complexity index is 1280. The highest BCUT2D eigenvalue weighted by Crippen LogP contribution is 2.34. The monoisotopic (exact) mass is 477 g/mol. The first kappa shape index (κ1) is 25.9. The van der Waals surface area contributed by atoms with E-state index in [-0.39, 0.29) is 18.5 Å². The molecule has 0 radical (unpaired) electrons. The molecule has 0 bridgehead atoms. The van der Waals surface area contributed by atoms with Crippen LogP contribution >= 0.6 is 0 Å². The number of aliphatic hydroxyl groups is 5. The van der Waals surface area contributed by atoms with Crippen LogP contribution in [0.1, 0.15) is 28.0 Å². The summed E-state index contributed by atoms with van der Waals surface area (Å²) in [6.07, 6.45) is -7.13. The molecule has 2 heterocycles. The van der Waals surface area contributed by atoms with Crippen LogP contribution < -0.4 is 5.63 Å². The molecule has 4 atom stereocenters. The fourth-order valence-electron chi connectivity index (χ4n) is 4.04. The maximum atomic E-state index is 12.8. The fraction of sp³-hybridized carbons (Fsp3) is 0.500. The number of nitrogens with zero attached hydrogens (tertiary/aromatic N) is 1. The molecule has 0 saturated carbocycles. The van der Waals surface area contributed by atoms with Gasteiger partial charge in [-0.15, -0.1) is 0 Å². The summed E-state index contributed by atoms with van der Waals surface area (Å²) in [5.41, 5.74) is 2.82. The predicted octanol–water partition coefficient (Wildman–Crippen LogP) is 0.210. The van der Waals surface area contributed by atoms with E-state index in [0.29, 0.717) is 27.7 Å². The van der Waals surface area contributed by atoms with Gasteiger partial charge in [0, 0.05) is 29.9 Å². The zero-order chi connectivity index (χ0) is 25.5. The summed E-state index contributed by atoms with van der Waals surface area (Å²) in [4.78, 5) is 26.7. The van der Waals surface area contributed by atoms with Crippen molar-refractivity contribution in [1.82, 2.24) is 4.90 Å². The molecule has 3 rings (SSSR count). The van der Waals surface area contributed by atoms with Crippen LogP contribution in [0.5, 0.6) is 0 Å². The molecule has 0 aliphatic rings. The lowest BCUT2D eigenvalue weighted by Gasteiger charge is -2.28. The minimum Gasteiger partial charge on any atom is -0.461 e. The summed E-state index contributed by atoms with van der Waals surface area (Å²) < 4.78 is 11.4. The SMILES string of the molecule is Cc1oc2c(C)c3oc(=O)c(CC(=O)N(C)C[C@H](O)[C@H](O)[C@@H](O)[C@H](O)CO)c(C)c3cc2c1C. The number of hydrogen-bond acceptors (Lipinski definition) is 9. The van der Waals surface area contributed by atoms with E-state index in [1.807, 2.05) is 26.8 Å². The van der Waals surface area contributed by atoms with Crippen molar-refractivity contribution in [3.05, 3.63) is 44.5 Å². The molecule has 0 aliphatic heterocycles. The van der Waals surface area contributed by atoms with Gasteiger partial charge in [0.2, 0.25) is 5.91 Å². The van der Waals surface area contributed by atoms with Gasteiger partial charge in [0.1, 0.15) is 41.3 Å². The quantitative estimate of drug-likeness (QED) is 0.285. The standard InChI is InChI=1S/C24H31NO9/c1-10-13(4)33-22-12(3)23-15(6-14(10)22)11(2)16(24(32)34-23)7-19(29)25(5)8-17(27)20(30)21(31)18(28)9-26/h6,17-18,20-21,26-28,30-31H,7-9H2,1-5H3/t17-,18+,20-,21-/m0/s1. The molecule has 10 heteroatoms. The van der Waals surface area contributed by atoms with Crippen LogP contribution in [0.3, 0.4) is 0 Å². The summed E-state index contributed by atoms with van der Waals surface area (Å²) in [5.74, 6) is 0.245. The molecule has 0 spiro atoms. The van der Waals surface area contributed by atoms with Crippen molar-refractivity contribution in [1.29, 1.82) is 0 Å². The van der Waals surface area contributed by atoms with Gasteiger partial charge in [0.15, 0.2) is 0 Å². The number of aryl methyl sites for hydroxylation is 4. The van der Waals surface area contributed by atoms with E-state index in [9.17, 15) is 30.0 Å². The summed E-state index contributed by atoms with van der Waals surface area (Å²) in [6, 6.07) is 1.88. The molecule has 1 aromatic carbocycles. The van der Waals surface area contributed by atoms with Gasteiger partial charge in [-0.3, -0.25) is 4.79 Å². The van der Waals surface area contributed by atoms with Gasteiger partial charge >= 0.3 is 5.63 Å². The van der Waals surface area contributed by atoms with Crippen molar-refractivity contribution in [2.24, 2.45) is 0 Å². The molecule has 2 aromatic heterocycles. The number of carbonyl (C=O) groups is 1. The topological polar surface area (TPSA) is 165 Å². The van der Waals surface area contributed by atoms with Gasteiger partial charge in [-0.2, -0.15) is 0 Å². The first-order valence-corrected chi connectivity index (χ1v) is 10.9. The third-order valence-electron chi connectivity index (χ3n) is 6.48. The van der Waals surface area contributed by atoms with E-state index in [2.05, 4.69) is 0 Å². The minimum absolute atomic E-state index is 0.173. The van der Waals surface area contributed by atoms with E-state index in [0.717, 1.165) is 21.6 Å². The maximum absolute atomic E-state index is 12.8. The fourth-order valence-corrected chi connectivity index (χ4v) is 4.04. The summed E-state index contributed by atoms with van der Waals surface area (Å²) in [6.45, 7) is 6.16. The number of carbonyl (C=O) groups excluding carboxylic acids is 1. The third kappa shape index (κ3) is 4.59. The zero-order valence-corrected chi connectivity index (χ0v) is 19.8. The highest BCUT2D eigenvalue weighted by molar-refractivity contribution is 6.00. The second-order valence-electron chi connectivity index (χ2n) is 8.78. The Morgan fingerprint density at radius 1 is 0.912 bits per heavy atom. The average Bonchev–Trinajstić information content (AvgIpc) is 3.09. The predicted molar refractivity (Wildman–Crippen MR) is 124 cm³/mol. The summed E-state index contributed by atoms with van der Waals surface area (Å²) in [5, 5.41) is 49.8. The molecule has 0 saturated heterocycles. The number of hydrogen-bond donors (Lipinski definition) is 5. The molecular weight excluding hydrogens is 446 g/mol. The maximum Gasteiger partial charge on any atom is 0.340 e. The van der Waals surface area contributed by atoms with Crippen LogP contribution in [-0.4, -0.2) is 81.0 Å². The number of fused-ring (bicyclic) bond motifs is 2. The van der Waals surface area contributed by atoms with Gasteiger partial charge in [-0.05, 0) is 44.9 Å². The second kappa shape index (κ2) is 9.85. The van der Waals surface area contributed by atoms with Gasteiger partial charge in [-0.25, -0.2) is 4.79 Å². The van der Waals surface area contributed by atoms with Gasteiger partial charge < -0.3 is 39.3 Å². The molecule has 186 valence electrons. The molecule has 3 aromatic rings. The molecule has 10 nitrogen and oxygen atoms in total. The van der Waals surface area contributed by atoms with Crippen molar-refractivity contribution in [2.75, 3.05) is 20.2 Å². The second-order valence-corrected chi connectivity index (χ2v) is 8.78. The van der Waals surface area contributed by atoms with E-state index >= 15 is 0 Å². The van der Waals surface area contributed by atoms with Crippen LogP contribution in [0.4, 0.5) is 0 Å². The Morgan fingerprint density at radius 2 is 1.47 bits per heavy atom. The van der Waals surface area contributed by atoms with Crippen molar-refractivity contribution < 1.29 is 39.2 Å². The number of likely N-dealkylation sites (N-methyl/N-ethyl adjacent to an activating group) is 1. The molecule has 34 heavy (non-hydrogen) atoms.